The number of aryl methyl sites for hydroxylation is 2. The van der Waals surface area contributed by atoms with Gasteiger partial charge in [-0.15, -0.1) is 0 Å². The molecule has 29 heavy (non-hydrogen) atoms. The van der Waals surface area contributed by atoms with E-state index >= 15 is 0 Å². The van der Waals surface area contributed by atoms with Crippen molar-refractivity contribution in [3.05, 3.63) is 83.4 Å². The van der Waals surface area contributed by atoms with Crippen molar-refractivity contribution in [1.29, 1.82) is 0 Å². The first-order valence-corrected chi connectivity index (χ1v) is 9.08. The van der Waals surface area contributed by atoms with Crippen LogP contribution in [0.25, 0.3) is 11.0 Å². The molecule has 1 unspecified atom stereocenters. The Hall–Kier alpha value is -3.61. The number of carbonyl (C=O) groups is 1. The molecular formula is C22H20FN3O3. The first kappa shape index (κ1) is 18.7. The lowest BCUT2D eigenvalue weighted by Gasteiger charge is -2.18. The third-order valence-corrected chi connectivity index (χ3v) is 4.94. The Balaban J connectivity index is 1.72. The van der Waals surface area contributed by atoms with Crippen molar-refractivity contribution < 1.29 is 18.3 Å². The Kier molecular flexibility index (Phi) is 4.80. The number of hydrogen-bond acceptors (Lipinski definition) is 4. The van der Waals surface area contributed by atoms with E-state index in [1.54, 1.807) is 43.8 Å². The number of halogens is 1. The monoisotopic (exact) mass is 393 g/mol. The Bertz CT molecular complexity index is 1180. The highest BCUT2D eigenvalue weighted by Gasteiger charge is 2.25. The lowest BCUT2D eigenvalue weighted by molar-refractivity contribution is 0.0914. The van der Waals surface area contributed by atoms with Crippen LogP contribution in [0.5, 0.6) is 5.75 Å². The Labute approximate surface area is 166 Å². The van der Waals surface area contributed by atoms with Crippen molar-refractivity contribution in [2.24, 2.45) is 7.05 Å². The van der Waals surface area contributed by atoms with E-state index in [1.165, 1.54) is 12.1 Å². The number of carbonyl (C=O) groups excluding carboxylic acids is 1. The van der Waals surface area contributed by atoms with Crippen molar-refractivity contribution in [3.8, 4) is 5.75 Å². The van der Waals surface area contributed by atoms with Crippen LogP contribution < -0.4 is 10.1 Å². The number of aromatic nitrogens is 2. The molecule has 7 heteroatoms. The maximum atomic E-state index is 13.4. The van der Waals surface area contributed by atoms with Crippen molar-refractivity contribution in [1.82, 2.24) is 14.9 Å². The van der Waals surface area contributed by atoms with Crippen molar-refractivity contribution in [2.75, 3.05) is 7.11 Å². The number of amides is 1. The normalized spacial score (nSPS) is 12.1. The smallest absolute Gasteiger partial charge is 0.288 e. The molecule has 1 atom stereocenters. The van der Waals surface area contributed by atoms with Crippen molar-refractivity contribution in [2.45, 2.75) is 13.0 Å². The number of imidazole rings is 1. The number of benzene rings is 2. The molecule has 0 saturated carbocycles. The second-order valence-electron chi connectivity index (χ2n) is 6.77. The van der Waals surface area contributed by atoms with Gasteiger partial charge in [0.25, 0.3) is 5.91 Å². The maximum absolute atomic E-state index is 13.4. The number of furan rings is 1. The number of hydrogen-bond donors (Lipinski definition) is 1. The van der Waals surface area contributed by atoms with Crippen LogP contribution in [-0.2, 0) is 7.05 Å². The molecule has 1 amide bonds. The van der Waals surface area contributed by atoms with Crippen LogP contribution in [0.1, 0.15) is 33.5 Å². The van der Waals surface area contributed by atoms with Crippen LogP contribution in [0.2, 0.25) is 0 Å². The van der Waals surface area contributed by atoms with Crippen LogP contribution >= 0.6 is 0 Å². The van der Waals surface area contributed by atoms with Gasteiger partial charge in [-0.3, -0.25) is 4.79 Å². The third kappa shape index (κ3) is 3.47. The highest BCUT2D eigenvalue weighted by molar-refractivity contribution is 5.99. The van der Waals surface area contributed by atoms with E-state index in [2.05, 4.69) is 10.3 Å². The van der Waals surface area contributed by atoms with Crippen molar-refractivity contribution >= 4 is 16.9 Å². The largest absolute Gasteiger partial charge is 0.497 e. The number of ether oxygens (including phenoxy) is 1. The molecule has 0 radical (unpaired) electrons. The van der Waals surface area contributed by atoms with E-state index in [0.29, 0.717) is 28.3 Å². The molecule has 2 heterocycles. The molecule has 148 valence electrons. The predicted molar refractivity (Wildman–Crippen MR) is 106 cm³/mol. The molecule has 4 rings (SSSR count). The van der Waals surface area contributed by atoms with Gasteiger partial charge in [0.1, 0.15) is 29.0 Å². The number of rotatable bonds is 5. The van der Waals surface area contributed by atoms with E-state index in [0.717, 1.165) is 5.39 Å². The van der Waals surface area contributed by atoms with E-state index in [-0.39, 0.29) is 17.5 Å². The minimum atomic E-state index is -0.565. The predicted octanol–water partition coefficient (Wildman–Crippen LogP) is 4.14. The summed E-state index contributed by atoms with van der Waals surface area (Å²) in [6.07, 6.45) is 3.44. The topological polar surface area (TPSA) is 69.3 Å². The fraction of sp³-hybridized carbons (Fsp3) is 0.182. The van der Waals surface area contributed by atoms with E-state index in [4.69, 9.17) is 9.15 Å². The molecule has 0 spiro atoms. The van der Waals surface area contributed by atoms with Crippen molar-refractivity contribution in [3.63, 3.8) is 0 Å². The summed E-state index contributed by atoms with van der Waals surface area (Å²) in [6.45, 7) is 1.83. The number of nitrogens with one attached hydrogen (secondary N) is 1. The highest BCUT2D eigenvalue weighted by Crippen LogP contribution is 2.30. The highest BCUT2D eigenvalue weighted by atomic mass is 19.1. The average molecular weight is 393 g/mol. The van der Waals surface area contributed by atoms with E-state index in [9.17, 15) is 9.18 Å². The molecule has 0 saturated heterocycles. The number of nitrogens with zero attached hydrogens (tertiary/aromatic N) is 2. The summed E-state index contributed by atoms with van der Waals surface area (Å²) < 4.78 is 26.3. The fourth-order valence-electron chi connectivity index (χ4n) is 3.35. The molecule has 0 aliphatic heterocycles. The van der Waals surface area contributed by atoms with Crippen LogP contribution in [0.3, 0.4) is 0 Å². The van der Waals surface area contributed by atoms with E-state index < -0.39 is 6.04 Å². The summed E-state index contributed by atoms with van der Waals surface area (Å²) in [5.74, 6) is 0.802. The molecular weight excluding hydrogens is 373 g/mol. The second kappa shape index (κ2) is 7.43. The van der Waals surface area contributed by atoms with Crippen LogP contribution in [0.15, 0.2) is 59.3 Å². The van der Waals surface area contributed by atoms with Crippen LogP contribution in [0, 0.1) is 12.7 Å². The minimum absolute atomic E-state index is 0.217. The molecule has 0 fully saturated rings. The molecule has 0 aliphatic rings. The summed E-state index contributed by atoms with van der Waals surface area (Å²) >= 11 is 0. The van der Waals surface area contributed by atoms with Crippen LogP contribution in [0.4, 0.5) is 4.39 Å². The summed E-state index contributed by atoms with van der Waals surface area (Å²) in [4.78, 5) is 17.5. The summed E-state index contributed by atoms with van der Waals surface area (Å²) in [7, 11) is 3.42. The zero-order chi connectivity index (χ0) is 20.5. The van der Waals surface area contributed by atoms with Gasteiger partial charge in [0.05, 0.1) is 7.11 Å². The minimum Gasteiger partial charge on any atom is -0.497 e. The lowest BCUT2D eigenvalue weighted by Crippen LogP contribution is -2.31. The summed E-state index contributed by atoms with van der Waals surface area (Å²) in [5, 5.41) is 3.78. The standard InChI is InChI=1S/C22H20FN3O3/c1-13-17-12-16(28-3)8-9-18(17)29-20(13)22(27)25-19(21-24-10-11-26(21)2)14-4-6-15(23)7-5-14/h4-12,19H,1-3H3,(H,25,27). The van der Waals surface area contributed by atoms with E-state index in [1.807, 2.05) is 24.6 Å². The molecule has 0 aliphatic carbocycles. The fourth-order valence-corrected chi connectivity index (χ4v) is 3.35. The number of fused-ring (bicyclic) bond motifs is 1. The molecule has 2 aromatic heterocycles. The Morgan fingerprint density at radius 1 is 1.24 bits per heavy atom. The Morgan fingerprint density at radius 2 is 2.00 bits per heavy atom. The molecule has 6 nitrogen and oxygen atoms in total. The first-order valence-electron chi connectivity index (χ1n) is 9.08. The van der Waals surface area contributed by atoms with Gasteiger partial charge >= 0.3 is 0 Å². The van der Waals surface area contributed by atoms with Gasteiger partial charge in [0.15, 0.2) is 5.76 Å². The summed E-state index contributed by atoms with van der Waals surface area (Å²) in [6, 6.07) is 10.8. The lowest BCUT2D eigenvalue weighted by atomic mass is 10.1. The van der Waals surface area contributed by atoms with Gasteiger partial charge in [-0.2, -0.15) is 0 Å². The zero-order valence-electron chi connectivity index (χ0n) is 16.3. The van der Waals surface area contributed by atoms with Gasteiger partial charge in [0, 0.05) is 30.4 Å². The third-order valence-electron chi connectivity index (χ3n) is 4.94. The maximum Gasteiger partial charge on any atom is 0.288 e. The van der Waals surface area contributed by atoms with Crippen LogP contribution in [-0.4, -0.2) is 22.6 Å². The van der Waals surface area contributed by atoms with Gasteiger partial charge in [-0.25, -0.2) is 9.37 Å². The molecule has 1 N–H and O–H groups in total. The van der Waals surface area contributed by atoms with Gasteiger partial charge in [-0.1, -0.05) is 12.1 Å². The molecule has 4 aromatic rings. The molecule has 2 aromatic carbocycles. The quantitative estimate of drug-likeness (QED) is 0.553. The average Bonchev–Trinajstić information content (AvgIpc) is 3.29. The molecule has 0 bridgehead atoms. The SMILES string of the molecule is COc1ccc2oc(C(=O)NC(c3ccc(F)cc3)c3nccn3C)c(C)c2c1. The first-order chi connectivity index (χ1) is 14.0. The van der Waals surface area contributed by atoms with Gasteiger partial charge in [-0.05, 0) is 42.8 Å². The Morgan fingerprint density at radius 3 is 2.66 bits per heavy atom. The van der Waals surface area contributed by atoms with Gasteiger partial charge < -0.3 is 19.0 Å². The van der Waals surface area contributed by atoms with Gasteiger partial charge in [0.2, 0.25) is 0 Å². The number of methoxy groups -OCH3 is 1. The zero-order valence-corrected chi connectivity index (χ0v) is 16.3. The summed E-state index contributed by atoms with van der Waals surface area (Å²) in [5.41, 5.74) is 2.03. The second-order valence-corrected chi connectivity index (χ2v) is 6.77.